The van der Waals surface area contributed by atoms with Gasteiger partial charge in [0, 0.05) is 6.42 Å². The number of aldehydes is 4. The lowest BCUT2D eigenvalue weighted by molar-refractivity contribution is -0.147. The predicted octanol–water partition coefficient (Wildman–Crippen LogP) is -5.68. The number of carbonyl (C=O) groups excluding carboxylic acids is 8. The summed E-state index contributed by atoms with van der Waals surface area (Å²) in [7, 11) is 1.00. The van der Waals surface area contributed by atoms with Crippen LogP contribution in [0.25, 0.3) is 0 Å². The van der Waals surface area contributed by atoms with Crippen molar-refractivity contribution in [3.8, 4) is 0 Å². The molecule has 0 saturated heterocycles. The number of ether oxygens (including phenoxy) is 1. The highest BCUT2D eigenvalue weighted by atomic mass is 16.5. The molecule has 0 rings (SSSR count). The molecule has 0 saturated carbocycles. The Morgan fingerprint density at radius 1 is 0.690 bits per heavy atom. The number of nitrogens with two attached hydrogens (primary N) is 1. The van der Waals surface area contributed by atoms with Crippen molar-refractivity contribution in [1.82, 2.24) is 37.2 Å². The Bertz CT molecular complexity index is 982. The number of carboxylic acids is 1. The fraction of sp³-hybridized carbons (Fsp3) is 0.609. The molecule has 236 valence electrons. The van der Waals surface area contributed by atoms with Crippen molar-refractivity contribution in [2.75, 3.05) is 7.11 Å². The lowest BCUT2D eigenvalue weighted by Gasteiger charge is -2.29. The van der Waals surface area contributed by atoms with Crippen LogP contribution in [0.5, 0.6) is 0 Å². The summed E-state index contributed by atoms with van der Waals surface area (Å²) in [6.45, 7) is 4.11. The van der Waals surface area contributed by atoms with E-state index in [0.29, 0.717) is 18.9 Å². The molecular formula is C23H38N8O11. The molecule has 0 aliphatic carbocycles. The van der Waals surface area contributed by atoms with Crippen molar-refractivity contribution in [3.63, 3.8) is 0 Å². The fourth-order valence-electron chi connectivity index (χ4n) is 3.02. The van der Waals surface area contributed by atoms with Gasteiger partial charge in [-0.15, -0.1) is 0 Å². The number of esters is 1. The summed E-state index contributed by atoms with van der Waals surface area (Å²) in [4.78, 5) is 107. The minimum absolute atomic E-state index is 0.282. The molecule has 19 nitrogen and oxygen atoms in total. The SMILES string of the molecule is COC(=O)[C@@H](NC(=O)[C@@H](NC(=O)[C@@H](NC(=O)[C@@H](N)N[C@@H](C)C=O)N[C@@H](C)C=O)N[C@@H](C=O)CCC(=O)O)N[C@@H](C)C=O. The molecule has 10 N–H and O–H groups in total. The van der Waals surface area contributed by atoms with Crippen molar-refractivity contribution in [2.45, 2.75) is 82.4 Å². The standard InChI is InChI=1S/C23H38N8O11/c1-11(7-32)25-16(24)20(38)29-17(26-12(2)8-33)21(39)30-18(28-14(10-35)5-6-15(36)37)22(40)31-19(23(41)42-4)27-13(3)9-34/h7-14,16-19,25-28H,5-6,24H2,1-4H3,(H,29,38)(H,30,39)(H,31,40)(H,36,37)/t11-,12-,13-,14+,16-,17+,18+,19+/m0/s1. The van der Waals surface area contributed by atoms with Crippen LogP contribution in [0, 0.1) is 0 Å². The average molecular weight is 603 g/mol. The zero-order valence-electron chi connectivity index (χ0n) is 23.4. The quantitative estimate of drug-likeness (QED) is 0.0317. The Kier molecular flexibility index (Phi) is 17.9. The summed E-state index contributed by atoms with van der Waals surface area (Å²) < 4.78 is 4.59. The van der Waals surface area contributed by atoms with Crippen molar-refractivity contribution in [2.24, 2.45) is 5.73 Å². The molecule has 0 aromatic heterocycles. The molecule has 0 bridgehead atoms. The lowest BCUT2D eigenvalue weighted by atomic mass is 10.1. The number of carboxylic acid groups (broad SMARTS) is 1. The van der Waals surface area contributed by atoms with Gasteiger partial charge in [0.15, 0.2) is 18.5 Å². The number of hydrogen-bond acceptors (Lipinski definition) is 15. The summed E-state index contributed by atoms with van der Waals surface area (Å²) in [5.74, 6) is -5.58. The number of carbonyl (C=O) groups is 9. The monoisotopic (exact) mass is 602 g/mol. The number of methoxy groups -OCH3 is 1. The van der Waals surface area contributed by atoms with Gasteiger partial charge in [-0.1, -0.05) is 0 Å². The van der Waals surface area contributed by atoms with Gasteiger partial charge in [0.2, 0.25) is 0 Å². The lowest BCUT2D eigenvalue weighted by Crippen LogP contribution is -2.67. The summed E-state index contributed by atoms with van der Waals surface area (Å²) in [5.41, 5.74) is 5.69. The van der Waals surface area contributed by atoms with Gasteiger partial charge in [0.1, 0.15) is 31.3 Å². The minimum Gasteiger partial charge on any atom is -0.481 e. The van der Waals surface area contributed by atoms with Crippen LogP contribution < -0.4 is 43.0 Å². The number of aliphatic carboxylic acids is 1. The molecule has 3 amide bonds. The summed E-state index contributed by atoms with van der Waals surface area (Å²) >= 11 is 0. The molecule has 0 aliphatic heterocycles. The molecule has 0 radical (unpaired) electrons. The van der Waals surface area contributed by atoms with Crippen LogP contribution in [0.3, 0.4) is 0 Å². The first-order valence-corrected chi connectivity index (χ1v) is 12.5. The van der Waals surface area contributed by atoms with E-state index in [4.69, 9.17) is 10.8 Å². The van der Waals surface area contributed by atoms with E-state index in [9.17, 15) is 43.2 Å². The molecule has 0 aromatic rings. The Labute approximate surface area is 240 Å². The first-order valence-electron chi connectivity index (χ1n) is 12.5. The zero-order valence-corrected chi connectivity index (χ0v) is 23.4. The topological polar surface area (TPSA) is 293 Å². The Morgan fingerprint density at radius 2 is 1.12 bits per heavy atom. The second kappa shape index (κ2) is 19.8. The average Bonchev–Trinajstić information content (AvgIpc) is 2.96. The minimum atomic E-state index is -1.85. The van der Waals surface area contributed by atoms with E-state index in [2.05, 4.69) is 42.0 Å². The number of amides is 3. The van der Waals surface area contributed by atoms with Crippen molar-refractivity contribution in [1.29, 1.82) is 0 Å². The molecular weight excluding hydrogens is 564 g/mol. The molecule has 0 heterocycles. The smallest absolute Gasteiger partial charge is 0.343 e. The molecule has 19 heteroatoms. The van der Waals surface area contributed by atoms with Gasteiger partial charge >= 0.3 is 11.9 Å². The van der Waals surface area contributed by atoms with Gasteiger partial charge in [-0.3, -0.25) is 40.4 Å². The normalized spacial score (nSPS) is 16.5. The largest absolute Gasteiger partial charge is 0.481 e. The molecule has 42 heavy (non-hydrogen) atoms. The fourth-order valence-corrected chi connectivity index (χ4v) is 3.02. The first-order chi connectivity index (χ1) is 19.7. The van der Waals surface area contributed by atoms with E-state index in [-0.39, 0.29) is 12.7 Å². The third-order valence-corrected chi connectivity index (χ3v) is 5.23. The number of rotatable bonds is 22. The molecule has 0 aliphatic rings. The van der Waals surface area contributed by atoms with Crippen molar-refractivity contribution in [3.05, 3.63) is 0 Å². The molecule has 0 fully saturated rings. The van der Waals surface area contributed by atoms with Crippen LogP contribution in [-0.2, 0) is 47.9 Å². The molecule has 8 atom stereocenters. The van der Waals surface area contributed by atoms with E-state index in [1.807, 2.05) is 0 Å². The Hall–Kier alpha value is -4.17. The Balaban J connectivity index is 6.17. The van der Waals surface area contributed by atoms with E-state index in [1.54, 1.807) is 0 Å². The van der Waals surface area contributed by atoms with E-state index >= 15 is 0 Å². The van der Waals surface area contributed by atoms with Gasteiger partial charge in [-0.05, 0) is 27.2 Å². The zero-order chi connectivity index (χ0) is 32.4. The third-order valence-electron chi connectivity index (χ3n) is 5.23. The van der Waals surface area contributed by atoms with Crippen LogP contribution in [0.4, 0.5) is 0 Å². The molecule has 0 unspecified atom stereocenters. The van der Waals surface area contributed by atoms with Crippen LogP contribution in [0.15, 0.2) is 0 Å². The first kappa shape index (κ1) is 37.8. The maximum absolute atomic E-state index is 13.2. The van der Waals surface area contributed by atoms with Gasteiger partial charge in [0.05, 0.1) is 31.3 Å². The maximum Gasteiger partial charge on any atom is 0.343 e. The van der Waals surface area contributed by atoms with Gasteiger partial charge in [0.25, 0.3) is 17.7 Å². The van der Waals surface area contributed by atoms with E-state index < -0.39 is 84.9 Å². The van der Waals surface area contributed by atoms with Crippen LogP contribution >= 0.6 is 0 Å². The molecule has 0 spiro atoms. The second-order valence-corrected chi connectivity index (χ2v) is 8.94. The third kappa shape index (κ3) is 14.5. The highest BCUT2D eigenvalue weighted by Gasteiger charge is 2.33. The van der Waals surface area contributed by atoms with E-state index in [1.165, 1.54) is 20.8 Å². The highest BCUT2D eigenvalue weighted by molar-refractivity contribution is 5.94. The Morgan fingerprint density at radius 3 is 1.57 bits per heavy atom. The number of nitrogens with one attached hydrogen (secondary N) is 7. The van der Waals surface area contributed by atoms with Crippen molar-refractivity contribution >= 4 is 54.8 Å². The van der Waals surface area contributed by atoms with Crippen molar-refractivity contribution < 1.29 is 53.0 Å². The predicted molar refractivity (Wildman–Crippen MR) is 142 cm³/mol. The number of hydrogen-bond donors (Lipinski definition) is 9. The highest BCUT2D eigenvalue weighted by Crippen LogP contribution is 1.99. The van der Waals surface area contributed by atoms with Gasteiger partial charge < -0.3 is 50.7 Å². The van der Waals surface area contributed by atoms with Crippen LogP contribution in [0.1, 0.15) is 33.6 Å². The van der Waals surface area contributed by atoms with Gasteiger partial charge in [-0.25, -0.2) is 4.79 Å². The summed E-state index contributed by atoms with van der Waals surface area (Å²) in [5, 5.41) is 25.4. The van der Waals surface area contributed by atoms with Crippen LogP contribution in [0.2, 0.25) is 0 Å². The molecule has 0 aromatic carbocycles. The van der Waals surface area contributed by atoms with Crippen LogP contribution in [-0.4, -0.2) is 116 Å². The van der Waals surface area contributed by atoms with E-state index in [0.717, 1.165) is 7.11 Å². The van der Waals surface area contributed by atoms with Gasteiger partial charge in [-0.2, -0.15) is 0 Å². The maximum atomic E-state index is 13.2. The second-order valence-electron chi connectivity index (χ2n) is 8.94. The summed E-state index contributed by atoms with van der Waals surface area (Å²) in [6.07, 6.45) is -5.88. The summed E-state index contributed by atoms with van der Waals surface area (Å²) in [6, 6.07) is -4.09.